The minimum Gasteiger partial charge on any atom is -0.468 e. The van der Waals surface area contributed by atoms with Gasteiger partial charge in [0.2, 0.25) is 10.0 Å². The number of carbonyl (C=O) groups is 1. The van der Waals surface area contributed by atoms with Crippen LogP contribution in [0.3, 0.4) is 0 Å². The number of rotatable bonds is 7. The first-order chi connectivity index (χ1) is 12.9. The fourth-order valence-corrected chi connectivity index (χ4v) is 4.14. The molecule has 0 aliphatic carbocycles. The summed E-state index contributed by atoms with van der Waals surface area (Å²) in [4.78, 5) is 13.7. The number of hydrogen-bond acceptors (Lipinski definition) is 6. The van der Waals surface area contributed by atoms with Gasteiger partial charge in [-0.3, -0.25) is 14.0 Å². The first kappa shape index (κ1) is 19.7. The van der Waals surface area contributed by atoms with E-state index in [2.05, 4.69) is 4.90 Å². The molecule has 27 heavy (non-hydrogen) atoms. The average molecular weight is 395 g/mol. The lowest BCUT2D eigenvalue weighted by Crippen LogP contribution is -2.43. The van der Waals surface area contributed by atoms with Gasteiger partial charge in [-0.15, -0.1) is 0 Å². The van der Waals surface area contributed by atoms with Crippen LogP contribution < -0.4 is 4.31 Å². The second kappa shape index (κ2) is 8.28. The van der Waals surface area contributed by atoms with E-state index in [-0.39, 0.29) is 12.5 Å². The summed E-state index contributed by atoms with van der Waals surface area (Å²) in [6.07, 6.45) is 3.02. The standard InChI is InChI=1S/C18H25N3O5S/c1-25-18(22)14-20-6-5-15-13-16(3-4-17(15)20)21(27(2,23)24)8-7-19-9-11-26-12-10-19/h3-6,13H,7-12,14H2,1-2H3. The van der Waals surface area contributed by atoms with E-state index in [9.17, 15) is 13.2 Å². The average Bonchev–Trinajstić information content (AvgIpc) is 3.03. The molecular formula is C18H25N3O5S. The molecule has 8 nitrogen and oxygen atoms in total. The van der Waals surface area contributed by atoms with Gasteiger partial charge in [0.05, 0.1) is 32.3 Å². The lowest BCUT2D eigenvalue weighted by molar-refractivity contribution is -0.141. The topological polar surface area (TPSA) is 81.1 Å². The number of aromatic nitrogens is 1. The van der Waals surface area contributed by atoms with Crippen LogP contribution in [0.1, 0.15) is 0 Å². The van der Waals surface area contributed by atoms with Crippen molar-refractivity contribution in [2.24, 2.45) is 0 Å². The van der Waals surface area contributed by atoms with Crippen molar-refractivity contribution in [3.8, 4) is 0 Å². The summed E-state index contributed by atoms with van der Waals surface area (Å²) in [5.41, 5.74) is 1.47. The third-order valence-corrected chi connectivity index (χ3v) is 5.89. The lowest BCUT2D eigenvalue weighted by Gasteiger charge is -2.30. The van der Waals surface area contributed by atoms with Crippen LogP contribution in [0.5, 0.6) is 0 Å². The van der Waals surface area contributed by atoms with E-state index >= 15 is 0 Å². The molecular weight excluding hydrogens is 370 g/mol. The molecule has 0 saturated carbocycles. The normalized spacial score (nSPS) is 15.8. The van der Waals surface area contributed by atoms with Crippen LogP contribution in [0.4, 0.5) is 5.69 Å². The van der Waals surface area contributed by atoms with Crippen LogP contribution in [-0.4, -0.2) is 76.6 Å². The Bertz CT molecular complexity index is 903. The molecule has 148 valence electrons. The van der Waals surface area contributed by atoms with Crippen molar-refractivity contribution >= 4 is 32.6 Å². The highest BCUT2D eigenvalue weighted by atomic mass is 32.2. The minimum atomic E-state index is -3.41. The van der Waals surface area contributed by atoms with Gasteiger partial charge in [0.1, 0.15) is 6.54 Å². The molecule has 0 radical (unpaired) electrons. The highest BCUT2D eigenvalue weighted by Gasteiger charge is 2.20. The van der Waals surface area contributed by atoms with Gasteiger partial charge in [-0.25, -0.2) is 8.42 Å². The summed E-state index contributed by atoms with van der Waals surface area (Å²) in [5, 5.41) is 0.872. The third-order valence-electron chi connectivity index (χ3n) is 4.69. The summed E-state index contributed by atoms with van der Waals surface area (Å²) in [6.45, 7) is 4.13. The Hall–Kier alpha value is -2.10. The Balaban J connectivity index is 1.81. The number of hydrogen-bond donors (Lipinski definition) is 0. The number of fused-ring (bicyclic) bond motifs is 1. The van der Waals surface area contributed by atoms with Gasteiger partial charge in [-0.05, 0) is 24.3 Å². The molecule has 3 rings (SSSR count). The Morgan fingerprint density at radius 1 is 1.26 bits per heavy atom. The van der Waals surface area contributed by atoms with Gasteiger partial charge in [0, 0.05) is 43.3 Å². The largest absolute Gasteiger partial charge is 0.468 e. The smallest absolute Gasteiger partial charge is 0.325 e. The van der Waals surface area contributed by atoms with Gasteiger partial charge in [0.25, 0.3) is 0 Å². The molecule has 0 N–H and O–H groups in total. The van der Waals surface area contributed by atoms with E-state index in [1.165, 1.54) is 17.7 Å². The van der Waals surface area contributed by atoms with Crippen molar-refractivity contribution in [1.29, 1.82) is 0 Å². The zero-order chi connectivity index (χ0) is 19.4. The van der Waals surface area contributed by atoms with E-state index in [1.807, 2.05) is 18.2 Å². The van der Waals surface area contributed by atoms with E-state index in [0.717, 1.165) is 24.0 Å². The van der Waals surface area contributed by atoms with Gasteiger partial charge in [-0.1, -0.05) is 0 Å². The van der Waals surface area contributed by atoms with Gasteiger partial charge >= 0.3 is 5.97 Å². The number of esters is 1. The van der Waals surface area contributed by atoms with Crippen LogP contribution >= 0.6 is 0 Å². The first-order valence-electron chi connectivity index (χ1n) is 8.82. The minimum absolute atomic E-state index is 0.117. The number of benzene rings is 1. The number of ether oxygens (including phenoxy) is 2. The number of morpholine rings is 1. The molecule has 0 unspecified atom stereocenters. The quantitative estimate of drug-likeness (QED) is 0.649. The van der Waals surface area contributed by atoms with Crippen molar-refractivity contribution in [3.05, 3.63) is 30.5 Å². The van der Waals surface area contributed by atoms with Gasteiger partial charge < -0.3 is 14.0 Å². The number of anilines is 1. The molecule has 0 bridgehead atoms. The Morgan fingerprint density at radius 3 is 2.67 bits per heavy atom. The van der Waals surface area contributed by atoms with Crippen LogP contribution in [0, 0.1) is 0 Å². The summed E-state index contributed by atoms with van der Waals surface area (Å²) < 4.78 is 37.9. The molecule has 1 aromatic heterocycles. The molecule has 2 heterocycles. The number of sulfonamides is 1. The molecule has 9 heteroatoms. The van der Waals surface area contributed by atoms with Crippen LogP contribution in [-0.2, 0) is 30.8 Å². The monoisotopic (exact) mass is 395 g/mol. The molecule has 1 aliphatic rings. The van der Waals surface area contributed by atoms with Crippen molar-refractivity contribution in [3.63, 3.8) is 0 Å². The Labute approximate surface area is 159 Å². The second-order valence-electron chi connectivity index (χ2n) is 6.55. The van der Waals surface area contributed by atoms with Crippen molar-refractivity contribution in [1.82, 2.24) is 9.47 Å². The summed E-state index contributed by atoms with van der Waals surface area (Å²) in [7, 11) is -2.06. The highest BCUT2D eigenvalue weighted by molar-refractivity contribution is 7.92. The van der Waals surface area contributed by atoms with Crippen molar-refractivity contribution in [2.75, 3.05) is 57.1 Å². The van der Waals surface area contributed by atoms with Crippen LogP contribution in [0.2, 0.25) is 0 Å². The lowest BCUT2D eigenvalue weighted by atomic mass is 10.2. The maximum Gasteiger partial charge on any atom is 0.325 e. The molecule has 1 saturated heterocycles. The Morgan fingerprint density at radius 2 is 2.00 bits per heavy atom. The highest BCUT2D eigenvalue weighted by Crippen LogP contribution is 2.25. The fourth-order valence-electron chi connectivity index (χ4n) is 3.23. The van der Waals surface area contributed by atoms with Gasteiger partial charge in [0.15, 0.2) is 0 Å². The van der Waals surface area contributed by atoms with E-state index < -0.39 is 10.0 Å². The molecule has 2 aromatic rings. The summed E-state index contributed by atoms with van der Waals surface area (Å²) in [6, 6.07) is 7.31. The van der Waals surface area contributed by atoms with E-state index in [1.54, 1.807) is 16.8 Å². The molecule has 0 amide bonds. The van der Waals surface area contributed by atoms with E-state index in [4.69, 9.17) is 9.47 Å². The first-order valence-corrected chi connectivity index (χ1v) is 10.7. The maximum atomic E-state index is 12.3. The molecule has 1 aliphatic heterocycles. The second-order valence-corrected chi connectivity index (χ2v) is 8.46. The van der Waals surface area contributed by atoms with Crippen LogP contribution in [0.25, 0.3) is 10.9 Å². The molecule has 0 atom stereocenters. The third kappa shape index (κ3) is 4.79. The van der Waals surface area contributed by atoms with Crippen LogP contribution in [0.15, 0.2) is 30.5 Å². The molecule has 0 spiro atoms. The SMILES string of the molecule is COC(=O)Cn1ccc2cc(N(CCN3CCOCC3)S(C)(=O)=O)ccc21. The number of carbonyl (C=O) groups excluding carboxylic acids is 1. The maximum absolute atomic E-state index is 12.3. The predicted octanol–water partition coefficient (Wildman–Crippen LogP) is 0.913. The van der Waals surface area contributed by atoms with Crippen molar-refractivity contribution < 1.29 is 22.7 Å². The van der Waals surface area contributed by atoms with Gasteiger partial charge in [-0.2, -0.15) is 0 Å². The zero-order valence-electron chi connectivity index (χ0n) is 15.6. The number of methoxy groups -OCH3 is 1. The van der Waals surface area contributed by atoms with E-state index in [0.29, 0.717) is 32.0 Å². The predicted molar refractivity (Wildman–Crippen MR) is 103 cm³/mol. The zero-order valence-corrected chi connectivity index (χ0v) is 16.4. The molecule has 1 aromatic carbocycles. The Kier molecular flexibility index (Phi) is 6.03. The fraction of sp³-hybridized carbons (Fsp3) is 0.500. The molecule has 1 fully saturated rings. The summed E-state index contributed by atoms with van der Waals surface area (Å²) >= 11 is 0. The number of nitrogens with zero attached hydrogens (tertiary/aromatic N) is 3. The summed E-state index contributed by atoms with van der Waals surface area (Å²) in [5.74, 6) is -0.333. The van der Waals surface area contributed by atoms with Crippen molar-refractivity contribution in [2.45, 2.75) is 6.54 Å².